The first-order valence-electron chi connectivity index (χ1n) is 6.58. The summed E-state index contributed by atoms with van der Waals surface area (Å²) >= 11 is 5.72. The lowest BCUT2D eigenvalue weighted by Crippen LogP contribution is -2.08. The quantitative estimate of drug-likeness (QED) is 0.823. The van der Waals surface area contributed by atoms with Crippen molar-refractivity contribution in [3.63, 3.8) is 0 Å². The maximum atomic E-state index is 5.72. The Morgan fingerprint density at radius 3 is 2.60 bits per heavy atom. The SMILES string of the molecule is CC(C)Oc1cncc(Nc2ccc(CCCl)cc2)n1. The van der Waals surface area contributed by atoms with Crippen LogP contribution in [0.4, 0.5) is 11.5 Å². The number of rotatable bonds is 6. The van der Waals surface area contributed by atoms with Crippen LogP contribution < -0.4 is 10.1 Å². The second-order valence-corrected chi connectivity index (χ2v) is 5.05. The molecule has 20 heavy (non-hydrogen) atoms. The standard InChI is InChI=1S/C15H18ClN3O/c1-11(2)20-15-10-17-9-14(19-15)18-13-5-3-12(4-6-13)7-8-16/h3-6,9-11H,7-8H2,1-2H3,(H,18,19). The third-order valence-electron chi connectivity index (χ3n) is 2.58. The minimum absolute atomic E-state index is 0.0781. The van der Waals surface area contributed by atoms with Crippen molar-refractivity contribution in [1.82, 2.24) is 9.97 Å². The summed E-state index contributed by atoms with van der Waals surface area (Å²) in [7, 11) is 0. The van der Waals surface area contributed by atoms with Gasteiger partial charge in [-0.15, -0.1) is 11.6 Å². The second kappa shape index (κ2) is 7.10. The van der Waals surface area contributed by atoms with Crippen molar-refractivity contribution in [3.8, 4) is 5.88 Å². The van der Waals surface area contributed by atoms with Gasteiger partial charge in [-0.25, -0.2) is 0 Å². The maximum absolute atomic E-state index is 5.72. The molecule has 0 unspecified atom stereocenters. The van der Waals surface area contributed by atoms with Crippen LogP contribution in [-0.2, 0) is 6.42 Å². The highest BCUT2D eigenvalue weighted by molar-refractivity contribution is 6.17. The fourth-order valence-corrected chi connectivity index (χ4v) is 1.94. The predicted molar refractivity (Wildman–Crippen MR) is 81.9 cm³/mol. The van der Waals surface area contributed by atoms with E-state index in [-0.39, 0.29) is 6.10 Å². The van der Waals surface area contributed by atoms with Crippen LogP contribution in [-0.4, -0.2) is 22.0 Å². The molecule has 1 aromatic carbocycles. The molecule has 0 bridgehead atoms. The van der Waals surface area contributed by atoms with Gasteiger partial charge in [-0.2, -0.15) is 4.98 Å². The molecule has 0 aliphatic rings. The number of aryl methyl sites for hydroxylation is 1. The molecule has 0 amide bonds. The number of benzene rings is 1. The summed E-state index contributed by atoms with van der Waals surface area (Å²) in [6, 6.07) is 8.10. The number of nitrogens with one attached hydrogen (secondary N) is 1. The van der Waals surface area contributed by atoms with Gasteiger partial charge in [0.2, 0.25) is 5.88 Å². The van der Waals surface area contributed by atoms with E-state index in [2.05, 4.69) is 15.3 Å². The van der Waals surface area contributed by atoms with Crippen LogP contribution in [0.1, 0.15) is 19.4 Å². The number of aromatic nitrogens is 2. The molecule has 2 rings (SSSR count). The van der Waals surface area contributed by atoms with Crippen LogP contribution in [0.3, 0.4) is 0 Å². The number of ether oxygens (including phenoxy) is 1. The van der Waals surface area contributed by atoms with E-state index in [0.29, 0.717) is 17.6 Å². The molecule has 1 aromatic heterocycles. The summed E-state index contributed by atoms with van der Waals surface area (Å²) in [5, 5.41) is 3.20. The van der Waals surface area contributed by atoms with Gasteiger partial charge in [0.15, 0.2) is 5.82 Å². The summed E-state index contributed by atoms with van der Waals surface area (Å²) < 4.78 is 5.52. The second-order valence-electron chi connectivity index (χ2n) is 4.67. The van der Waals surface area contributed by atoms with Crippen LogP contribution in [0.15, 0.2) is 36.7 Å². The average Bonchev–Trinajstić information content (AvgIpc) is 2.41. The van der Waals surface area contributed by atoms with Gasteiger partial charge in [-0.3, -0.25) is 4.98 Å². The van der Waals surface area contributed by atoms with Gasteiger partial charge in [-0.1, -0.05) is 12.1 Å². The van der Waals surface area contributed by atoms with E-state index >= 15 is 0 Å². The summed E-state index contributed by atoms with van der Waals surface area (Å²) in [6.07, 6.45) is 4.22. The first-order valence-corrected chi connectivity index (χ1v) is 7.11. The smallest absolute Gasteiger partial charge is 0.234 e. The van der Waals surface area contributed by atoms with Crippen LogP contribution in [0.5, 0.6) is 5.88 Å². The van der Waals surface area contributed by atoms with Gasteiger partial charge < -0.3 is 10.1 Å². The van der Waals surface area contributed by atoms with Crippen molar-refractivity contribution in [3.05, 3.63) is 42.2 Å². The summed E-state index contributed by atoms with van der Waals surface area (Å²) in [4.78, 5) is 8.46. The Morgan fingerprint density at radius 2 is 1.95 bits per heavy atom. The number of nitrogens with zero attached hydrogens (tertiary/aromatic N) is 2. The van der Waals surface area contributed by atoms with Gasteiger partial charge in [0.1, 0.15) is 0 Å². The lowest BCUT2D eigenvalue weighted by Gasteiger charge is -2.10. The van der Waals surface area contributed by atoms with Crippen LogP contribution >= 0.6 is 11.6 Å². The maximum Gasteiger partial charge on any atom is 0.234 e. The van der Waals surface area contributed by atoms with Crippen molar-refractivity contribution in [2.24, 2.45) is 0 Å². The summed E-state index contributed by atoms with van der Waals surface area (Å²) in [5.74, 6) is 1.81. The molecule has 5 heteroatoms. The van der Waals surface area contributed by atoms with Crippen molar-refractivity contribution in [2.45, 2.75) is 26.4 Å². The van der Waals surface area contributed by atoms with Crippen molar-refractivity contribution >= 4 is 23.1 Å². The van der Waals surface area contributed by atoms with Gasteiger partial charge >= 0.3 is 0 Å². The van der Waals surface area contributed by atoms with E-state index < -0.39 is 0 Å². The fraction of sp³-hybridized carbons (Fsp3) is 0.333. The fourth-order valence-electron chi connectivity index (χ4n) is 1.72. The first kappa shape index (κ1) is 14.6. The third kappa shape index (κ3) is 4.38. The number of hydrogen-bond acceptors (Lipinski definition) is 4. The summed E-state index contributed by atoms with van der Waals surface area (Å²) in [6.45, 7) is 3.91. The van der Waals surface area contributed by atoms with E-state index in [1.807, 2.05) is 38.1 Å². The Morgan fingerprint density at radius 1 is 1.20 bits per heavy atom. The van der Waals surface area contributed by atoms with E-state index in [1.54, 1.807) is 12.4 Å². The normalized spacial score (nSPS) is 10.6. The first-order chi connectivity index (χ1) is 9.67. The Labute approximate surface area is 124 Å². The Balaban J connectivity index is 2.05. The van der Waals surface area contributed by atoms with Gasteiger partial charge in [0.25, 0.3) is 0 Å². The molecule has 1 heterocycles. The number of anilines is 2. The van der Waals surface area contributed by atoms with Crippen molar-refractivity contribution < 1.29 is 4.74 Å². The van der Waals surface area contributed by atoms with Crippen LogP contribution in [0.2, 0.25) is 0 Å². The monoisotopic (exact) mass is 291 g/mol. The van der Waals surface area contributed by atoms with Gasteiger partial charge in [-0.05, 0) is 38.0 Å². The van der Waals surface area contributed by atoms with Crippen LogP contribution in [0.25, 0.3) is 0 Å². The number of hydrogen-bond donors (Lipinski definition) is 1. The van der Waals surface area contributed by atoms with Crippen molar-refractivity contribution in [1.29, 1.82) is 0 Å². The largest absolute Gasteiger partial charge is 0.474 e. The van der Waals surface area contributed by atoms with Crippen molar-refractivity contribution in [2.75, 3.05) is 11.2 Å². The zero-order valence-electron chi connectivity index (χ0n) is 11.6. The molecule has 0 saturated carbocycles. The van der Waals surface area contributed by atoms with E-state index in [0.717, 1.165) is 12.1 Å². The lowest BCUT2D eigenvalue weighted by atomic mass is 10.1. The predicted octanol–water partition coefficient (Wildman–Crippen LogP) is 3.79. The van der Waals surface area contributed by atoms with Gasteiger partial charge in [0.05, 0.1) is 18.5 Å². The summed E-state index contributed by atoms with van der Waals surface area (Å²) in [5.41, 5.74) is 2.17. The highest BCUT2D eigenvalue weighted by atomic mass is 35.5. The third-order valence-corrected chi connectivity index (χ3v) is 2.77. The molecular formula is C15H18ClN3O. The van der Waals surface area contributed by atoms with E-state index in [4.69, 9.17) is 16.3 Å². The molecule has 4 nitrogen and oxygen atoms in total. The molecule has 0 spiro atoms. The molecule has 106 valence electrons. The van der Waals surface area contributed by atoms with Gasteiger partial charge in [0, 0.05) is 11.6 Å². The Kier molecular flexibility index (Phi) is 5.18. The number of halogens is 1. The number of alkyl halides is 1. The molecule has 1 N–H and O–H groups in total. The molecule has 0 atom stereocenters. The Hall–Kier alpha value is -1.81. The zero-order valence-corrected chi connectivity index (χ0v) is 12.4. The minimum Gasteiger partial charge on any atom is -0.474 e. The zero-order chi connectivity index (χ0) is 14.4. The average molecular weight is 292 g/mol. The lowest BCUT2D eigenvalue weighted by molar-refractivity contribution is 0.232. The molecule has 0 aliphatic carbocycles. The van der Waals surface area contributed by atoms with E-state index in [9.17, 15) is 0 Å². The van der Waals surface area contributed by atoms with E-state index in [1.165, 1.54) is 5.56 Å². The molecule has 0 saturated heterocycles. The molecule has 0 radical (unpaired) electrons. The van der Waals surface area contributed by atoms with Crippen LogP contribution in [0, 0.1) is 0 Å². The molecule has 0 aliphatic heterocycles. The highest BCUT2D eigenvalue weighted by Gasteiger charge is 2.02. The molecule has 0 fully saturated rings. The molecular weight excluding hydrogens is 274 g/mol. The molecule has 2 aromatic rings. The minimum atomic E-state index is 0.0781. The highest BCUT2D eigenvalue weighted by Crippen LogP contribution is 2.17. The topological polar surface area (TPSA) is 47.0 Å². The Bertz CT molecular complexity index is 543.